The van der Waals surface area contributed by atoms with Crippen LogP contribution < -0.4 is 9.47 Å². The number of rotatable bonds is 7. The zero-order chi connectivity index (χ0) is 12.7. The molecule has 0 spiro atoms. The number of halogens is 3. The lowest BCUT2D eigenvalue weighted by Gasteiger charge is -2.11. The largest absolute Gasteiger partial charge is 0.487 e. The van der Waals surface area contributed by atoms with E-state index in [2.05, 4.69) is 0 Å². The fourth-order valence-corrected chi connectivity index (χ4v) is 1.28. The minimum atomic E-state index is -0.679. The molecule has 0 bridgehead atoms. The average molecular weight is 265 g/mol. The molecule has 0 aliphatic rings. The van der Waals surface area contributed by atoms with Gasteiger partial charge in [-0.2, -0.15) is 0 Å². The second-order valence-electron chi connectivity index (χ2n) is 3.01. The van der Waals surface area contributed by atoms with E-state index < -0.39 is 18.6 Å². The Labute approximate surface area is 102 Å². The molecule has 6 heteroatoms. The van der Waals surface area contributed by atoms with Gasteiger partial charge in [0.15, 0.2) is 11.5 Å². The molecule has 0 amide bonds. The van der Waals surface area contributed by atoms with Crippen molar-refractivity contribution in [3.8, 4) is 11.5 Å². The first-order valence-electron chi connectivity index (χ1n) is 4.90. The highest BCUT2D eigenvalue weighted by Gasteiger charge is 2.10. The Bertz CT molecular complexity index is 385. The molecule has 3 nitrogen and oxygen atoms in total. The van der Waals surface area contributed by atoms with Crippen LogP contribution in [0, 0.1) is 0 Å². The van der Waals surface area contributed by atoms with Gasteiger partial charge < -0.3 is 9.47 Å². The van der Waals surface area contributed by atoms with E-state index in [0.717, 1.165) is 0 Å². The Kier molecular flexibility index (Phi) is 5.69. The summed E-state index contributed by atoms with van der Waals surface area (Å²) in [5.41, 5.74) is 0.202. The summed E-state index contributed by atoms with van der Waals surface area (Å²) in [5.74, 6) is 0.417. The fourth-order valence-electron chi connectivity index (χ4n) is 1.16. The number of ether oxygens (including phenoxy) is 2. The lowest BCUT2D eigenvalue weighted by Crippen LogP contribution is -2.05. The Hall–Kier alpha value is -1.36. The summed E-state index contributed by atoms with van der Waals surface area (Å²) in [6.07, 6.45) is 0. The van der Waals surface area contributed by atoms with Crippen LogP contribution in [0.3, 0.4) is 0 Å². The summed E-state index contributed by atoms with van der Waals surface area (Å²) >= 11 is 5.30. The van der Waals surface area contributed by atoms with E-state index in [-0.39, 0.29) is 30.3 Å². The second kappa shape index (κ2) is 7.06. The Morgan fingerprint density at radius 1 is 1.12 bits per heavy atom. The Morgan fingerprint density at radius 2 is 1.71 bits per heavy atom. The first-order valence-corrected chi connectivity index (χ1v) is 5.28. The third kappa shape index (κ3) is 4.19. The lowest BCUT2D eigenvalue weighted by molar-refractivity contribution is 0.108. The van der Waals surface area contributed by atoms with Crippen LogP contribution in [-0.2, 0) is 0 Å². The van der Waals surface area contributed by atoms with Crippen LogP contribution in [0.5, 0.6) is 11.5 Å². The van der Waals surface area contributed by atoms with Crippen LogP contribution in [0.25, 0.3) is 0 Å². The minimum absolute atomic E-state index is 0.139. The number of hydrogen-bond donors (Lipinski definition) is 0. The summed E-state index contributed by atoms with van der Waals surface area (Å²) < 4.78 is 34.1. The summed E-state index contributed by atoms with van der Waals surface area (Å²) in [6.45, 7) is -1.65. The molecular formula is C11H11ClF2O3. The zero-order valence-corrected chi connectivity index (χ0v) is 9.68. The van der Waals surface area contributed by atoms with Gasteiger partial charge in [-0.05, 0) is 29.8 Å². The molecule has 0 heterocycles. The Morgan fingerprint density at radius 3 is 2.24 bits per heavy atom. The third-order valence-electron chi connectivity index (χ3n) is 1.84. The molecule has 0 aliphatic heterocycles. The van der Waals surface area contributed by atoms with Gasteiger partial charge in [0.25, 0.3) is 5.24 Å². The van der Waals surface area contributed by atoms with Crippen LogP contribution in [0.2, 0.25) is 0 Å². The van der Waals surface area contributed by atoms with E-state index >= 15 is 0 Å². The van der Waals surface area contributed by atoms with Crippen LogP contribution in [-0.4, -0.2) is 31.8 Å². The Balaban J connectivity index is 2.90. The molecule has 0 fully saturated rings. The fraction of sp³-hybridized carbons (Fsp3) is 0.364. The highest BCUT2D eigenvalue weighted by molar-refractivity contribution is 6.67. The highest BCUT2D eigenvalue weighted by atomic mass is 35.5. The van der Waals surface area contributed by atoms with E-state index in [1.54, 1.807) is 0 Å². The van der Waals surface area contributed by atoms with Gasteiger partial charge in [-0.25, -0.2) is 8.78 Å². The molecule has 1 aromatic carbocycles. The quantitative estimate of drug-likeness (QED) is 0.711. The van der Waals surface area contributed by atoms with Crippen molar-refractivity contribution in [2.75, 3.05) is 26.6 Å². The van der Waals surface area contributed by atoms with Gasteiger partial charge in [0.1, 0.15) is 26.6 Å². The van der Waals surface area contributed by atoms with E-state index in [0.29, 0.717) is 0 Å². The second-order valence-corrected chi connectivity index (χ2v) is 3.35. The first-order chi connectivity index (χ1) is 8.19. The van der Waals surface area contributed by atoms with Gasteiger partial charge in [0, 0.05) is 5.56 Å². The molecule has 0 radical (unpaired) electrons. The zero-order valence-electron chi connectivity index (χ0n) is 8.92. The van der Waals surface area contributed by atoms with Crippen LogP contribution in [0.15, 0.2) is 18.2 Å². The van der Waals surface area contributed by atoms with Gasteiger partial charge in [0.2, 0.25) is 0 Å². The predicted octanol–water partition coefficient (Wildman–Crippen LogP) is 2.76. The maximum atomic E-state index is 12.0. The smallest absolute Gasteiger partial charge is 0.252 e. The van der Waals surface area contributed by atoms with E-state index in [1.807, 2.05) is 0 Å². The van der Waals surface area contributed by atoms with Gasteiger partial charge in [0.05, 0.1) is 0 Å². The molecule has 0 aromatic heterocycles. The summed E-state index contributed by atoms with van der Waals surface area (Å²) in [5, 5.41) is -0.660. The van der Waals surface area contributed by atoms with E-state index in [1.165, 1.54) is 18.2 Å². The monoisotopic (exact) mass is 264 g/mol. The van der Waals surface area contributed by atoms with Gasteiger partial charge in [-0.15, -0.1) is 0 Å². The molecule has 0 saturated carbocycles. The highest BCUT2D eigenvalue weighted by Crippen LogP contribution is 2.29. The van der Waals surface area contributed by atoms with Crippen molar-refractivity contribution in [2.45, 2.75) is 0 Å². The van der Waals surface area contributed by atoms with Gasteiger partial charge >= 0.3 is 0 Å². The van der Waals surface area contributed by atoms with Gasteiger partial charge in [-0.3, -0.25) is 4.79 Å². The van der Waals surface area contributed by atoms with Crippen molar-refractivity contribution in [1.29, 1.82) is 0 Å². The number of carbonyl (C=O) groups excluding carboxylic acids is 1. The number of benzene rings is 1. The number of hydrogen-bond acceptors (Lipinski definition) is 3. The summed E-state index contributed by atoms with van der Waals surface area (Å²) in [6, 6.07) is 4.18. The molecular weight excluding hydrogens is 254 g/mol. The molecule has 0 saturated heterocycles. The van der Waals surface area contributed by atoms with Crippen molar-refractivity contribution in [1.82, 2.24) is 0 Å². The van der Waals surface area contributed by atoms with Gasteiger partial charge in [-0.1, -0.05) is 0 Å². The maximum Gasteiger partial charge on any atom is 0.252 e. The van der Waals surface area contributed by atoms with Crippen molar-refractivity contribution >= 4 is 16.8 Å². The first kappa shape index (κ1) is 13.7. The summed E-state index contributed by atoms with van der Waals surface area (Å²) in [4.78, 5) is 10.9. The van der Waals surface area contributed by atoms with E-state index in [9.17, 15) is 13.6 Å². The molecule has 94 valence electrons. The molecule has 0 aliphatic carbocycles. The summed E-state index contributed by atoms with van der Waals surface area (Å²) in [7, 11) is 0. The standard InChI is InChI=1S/C11H11ClF2O3/c12-11(15)8-1-2-9(16-5-3-13)10(7-8)17-6-4-14/h1-2,7H,3-6H2. The van der Waals surface area contributed by atoms with Crippen molar-refractivity contribution in [3.63, 3.8) is 0 Å². The molecule has 0 N–H and O–H groups in total. The normalized spacial score (nSPS) is 10.1. The molecule has 1 rings (SSSR count). The SMILES string of the molecule is O=C(Cl)c1ccc(OCCF)c(OCCF)c1. The van der Waals surface area contributed by atoms with Crippen LogP contribution in [0.1, 0.15) is 10.4 Å². The molecule has 0 atom stereocenters. The van der Waals surface area contributed by atoms with Crippen LogP contribution in [0.4, 0.5) is 8.78 Å². The lowest BCUT2D eigenvalue weighted by atomic mass is 10.2. The molecule has 17 heavy (non-hydrogen) atoms. The number of carbonyl (C=O) groups is 1. The topological polar surface area (TPSA) is 35.5 Å². The van der Waals surface area contributed by atoms with Crippen molar-refractivity contribution in [2.24, 2.45) is 0 Å². The molecule has 0 unspecified atom stereocenters. The minimum Gasteiger partial charge on any atom is -0.487 e. The van der Waals surface area contributed by atoms with Crippen LogP contribution >= 0.6 is 11.6 Å². The number of alkyl halides is 2. The van der Waals surface area contributed by atoms with Crippen molar-refractivity contribution < 1.29 is 23.0 Å². The third-order valence-corrected chi connectivity index (χ3v) is 2.06. The maximum absolute atomic E-state index is 12.0. The average Bonchev–Trinajstić information content (AvgIpc) is 2.34. The van der Waals surface area contributed by atoms with Crippen molar-refractivity contribution in [3.05, 3.63) is 23.8 Å². The molecule has 1 aromatic rings. The predicted molar refractivity (Wildman–Crippen MR) is 59.6 cm³/mol. The van der Waals surface area contributed by atoms with E-state index in [4.69, 9.17) is 21.1 Å².